The molecule has 2 aromatic rings. The van der Waals surface area contributed by atoms with Crippen molar-refractivity contribution >= 4 is 11.5 Å². The molecular weight excluding hydrogens is 321 g/mol. The van der Waals surface area contributed by atoms with Gasteiger partial charge in [0.1, 0.15) is 11.6 Å². The van der Waals surface area contributed by atoms with Crippen LogP contribution >= 0.6 is 0 Å². The molecule has 4 nitrogen and oxygen atoms in total. The third-order valence-electron chi connectivity index (χ3n) is 4.29. The van der Waals surface area contributed by atoms with Crippen LogP contribution in [0.4, 0.5) is 4.39 Å². The number of methoxy groups -OCH3 is 2. The van der Waals surface area contributed by atoms with Crippen LogP contribution in [0, 0.1) is 11.3 Å². The van der Waals surface area contributed by atoms with Gasteiger partial charge < -0.3 is 9.47 Å². The lowest BCUT2D eigenvalue weighted by Gasteiger charge is -2.22. The molecule has 0 fully saturated rings. The zero-order valence-electron chi connectivity index (χ0n) is 13.9. The molecule has 0 bridgehead atoms. The van der Waals surface area contributed by atoms with E-state index >= 15 is 0 Å². The van der Waals surface area contributed by atoms with Crippen LogP contribution in [-0.2, 0) is 11.2 Å². The number of ether oxygens (including phenoxy) is 2. The maximum absolute atomic E-state index is 14.8. The predicted molar refractivity (Wildman–Crippen MR) is 90.9 cm³/mol. The lowest BCUT2D eigenvalue weighted by atomic mass is 9.84. The molecule has 0 saturated heterocycles. The fraction of sp³-hybridized carbons (Fsp3) is 0.200. The Kier molecular flexibility index (Phi) is 4.53. The number of nitrogens with zero attached hydrogens (tertiary/aromatic N) is 1. The number of benzene rings is 2. The van der Waals surface area contributed by atoms with Crippen molar-refractivity contribution in [2.45, 2.75) is 12.8 Å². The first kappa shape index (κ1) is 16.7. The molecule has 0 amide bonds. The smallest absolute Gasteiger partial charge is 0.337 e. The summed E-state index contributed by atoms with van der Waals surface area (Å²) in [4.78, 5) is 11.8. The van der Waals surface area contributed by atoms with Crippen molar-refractivity contribution in [3.8, 4) is 11.8 Å². The largest absolute Gasteiger partial charge is 0.496 e. The third kappa shape index (κ3) is 2.99. The number of hydrogen-bond acceptors (Lipinski definition) is 4. The minimum atomic E-state index is -0.472. The van der Waals surface area contributed by atoms with Crippen LogP contribution in [0.3, 0.4) is 0 Å². The number of rotatable bonds is 3. The van der Waals surface area contributed by atoms with Crippen LogP contribution in [0.5, 0.6) is 5.75 Å². The molecule has 0 atom stereocenters. The number of hydrogen-bond donors (Lipinski definition) is 0. The van der Waals surface area contributed by atoms with Gasteiger partial charge in [0.05, 0.1) is 31.4 Å². The fourth-order valence-corrected chi connectivity index (χ4v) is 3.05. The van der Waals surface area contributed by atoms with E-state index in [-0.39, 0.29) is 12.2 Å². The lowest BCUT2D eigenvalue weighted by molar-refractivity contribution is 0.0600. The van der Waals surface area contributed by atoms with E-state index < -0.39 is 5.97 Å². The average Bonchev–Trinajstić information content (AvgIpc) is 2.66. The number of carbonyl (C=O) groups is 1. The van der Waals surface area contributed by atoms with Gasteiger partial charge >= 0.3 is 5.97 Å². The molecule has 25 heavy (non-hydrogen) atoms. The molecule has 0 aliphatic heterocycles. The minimum absolute atomic E-state index is 0.266. The fourth-order valence-electron chi connectivity index (χ4n) is 3.05. The van der Waals surface area contributed by atoms with Gasteiger partial charge in [0.2, 0.25) is 0 Å². The van der Waals surface area contributed by atoms with E-state index in [2.05, 4.69) is 0 Å². The Labute approximate surface area is 145 Å². The predicted octanol–water partition coefficient (Wildman–Crippen LogP) is 4.03. The standard InChI is InChI=1S/C20H16FNO3/c1-24-18-9-12(11-22)3-7-15(18)19-16-10-14(20(23)25-2)5-4-13(16)6-8-17(19)21/h3-5,7,9-10H,6,8H2,1-2H3. The number of allylic oxidation sites excluding steroid dienone is 1. The molecule has 0 spiro atoms. The molecule has 2 aromatic carbocycles. The molecule has 126 valence electrons. The quantitative estimate of drug-likeness (QED) is 0.794. The van der Waals surface area contributed by atoms with E-state index in [0.29, 0.717) is 40.0 Å². The third-order valence-corrected chi connectivity index (χ3v) is 4.29. The zero-order valence-corrected chi connectivity index (χ0v) is 13.9. The van der Waals surface area contributed by atoms with Crippen molar-refractivity contribution in [1.82, 2.24) is 0 Å². The minimum Gasteiger partial charge on any atom is -0.496 e. The van der Waals surface area contributed by atoms with Crippen molar-refractivity contribution in [3.63, 3.8) is 0 Å². The van der Waals surface area contributed by atoms with Crippen molar-refractivity contribution < 1.29 is 18.7 Å². The van der Waals surface area contributed by atoms with Gasteiger partial charge in [-0.15, -0.1) is 0 Å². The van der Waals surface area contributed by atoms with Crippen molar-refractivity contribution in [1.29, 1.82) is 5.26 Å². The molecule has 1 aliphatic rings. The molecule has 0 radical (unpaired) electrons. The summed E-state index contributed by atoms with van der Waals surface area (Å²) in [6, 6.07) is 12.1. The second-order valence-corrected chi connectivity index (χ2v) is 5.67. The Morgan fingerprint density at radius 2 is 1.92 bits per heavy atom. The Morgan fingerprint density at radius 3 is 2.60 bits per heavy atom. The first-order valence-corrected chi connectivity index (χ1v) is 7.77. The van der Waals surface area contributed by atoms with Crippen molar-refractivity contribution in [2.75, 3.05) is 14.2 Å². The Morgan fingerprint density at radius 1 is 1.12 bits per heavy atom. The summed E-state index contributed by atoms with van der Waals surface area (Å²) in [6.45, 7) is 0. The molecule has 3 rings (SSSR count). The maximum atomic E-state index is 14.8. The molecule has 0 heterocycles. The molecule has 5 heteroatoms. The van der Waals surface area contributed by atoms with E-state index in [1.165, 1.54) is 14.2 Å². The summed E-state index contributed by atoms with van der Waals surface area (Å²) in [5.74, 6) is -0.321. The van der Waals surface area contributed by atoms with Gasteiger partial charge in [0, 0.05) is 17.6 Å². The van der Waals surface area contributed by atoms with E-state index in [4.69, 9.17) is 14.7 Å². The highest BCUT2D eigenvalue weighted by molar-refractivity contribution is 5.93. The first-order valence-electron chi connectivity index (χ1n) is 7.77. The second-order valence-electron chi connectivity index (χ2n) is 5.67. The molecule has 0 unspecified atom stereocenters. The zero-order chi connectivity index (χ0) is 18.0. The SMILES string of the molecule is COC(=O)c1ccc2c(c1)C(c1ccc(C#N)cc1OC)=C(F)CC2. The summed E-state index contributed by atoms with van der Waals surface area (Å²) in [6.07, 6.45) is 0.841. The second kappa shape index (κ2) is 6.78. The maximum Gasteiger partial charge on any atom is 0.337 e. The number of aryl methyl sites for hydroxylation is 1. The first-order chi connectivity index (χ1) is 12.1. The average molecular weight is 337 g/mol. The normalized spacial score (nSPS) is 13.0. The van der Waals surface area contributed by atoms with Crippen molar-refractivity contribution in [2.24, 2.45) is 0 Å². The number of fused-ring (bicyclic) bond motifs is 1. The van der Waals surface area contributed by atoms with Crippen LogP contribution in [0.1, 0.15) is 39.0 Å². The van der Waals surface area contributed by atoms with Gasteiger partial charge in [0.15, 0.2) is 0 Å². The Hall–Kier alpha value is -3.13. The van der Waals surface area contributed by atoms with Crippen molar-refractivity contribution in [3.05, 3.63) is 70.0 Å². The van der Waals surface area contributed by atoms with Crippen LogP contribution in [0.15, 0.2) is 42.2 Å². The highest BCUT2D eigenvalue weighted by Crippen LogP contribution is 2.41. The summed E-state index contributed by atoms with van der Waals surface area (Å²) < 4.78 is 24.9. The van der Waals surface area contributed by atoms with Crippen LogP contribution < -0.4 is 4.74 Å². The Bertz CT molecular complexity index is 925. The lowest BCUT2D eigenvalue weighted by Crippen LogP contribution is -2.09. The molecule has 0 N–H and O–H groups in total. The van der Waals surface area contributed by atoms with Gasteiger partial charge in [-0.1, -0.05) is 6.07 Å². The number of nitriles is 1. The van der Waals surface area contributed by atoms with Gasteiger partial charge in [0.25, 0.3) is 0 Å². The van der Waals surface area contributed by atoms with E-state index in [1.54, 1.807) is 30.3 Å². The van der Waals surface area contributed by atoms with Gasteiger partial charge in [-0.2, -0.15) is 5.26 Å². The van der Waals surface area contributed by atoms with E-state index in [1.807, 2.05) is 12.1 Å². The number of esters is 1. The molecular formula is C20H16FNO3. The van der Waals surface area contributed by atoms with E-state index in [0.717, 1.165) is 5.56 Å². The van der Waals surface area contributed by atoms with Gasteiger partial charge in [-0.05, 0) is 47.9 Å². The van der Waals surface area contributed by atoms with Gasteiger partial charge in [-0.3, -0.25) is 0 Å². The highest BCUT2D eigenvalue weighted by atomic mass is 19.1. The monoisotopic (exact) mass is 337 g/mol. The molecule has 0 saturated carbocycles. The summed E-state index contributed by atoms with van der Waals surface area (Å²) in [5, 5.41) is 9.05. The number of halogens is 1. The summed E-state index contributed by atoms with van der Waals surface area (Å²) in [7, 11) is 2.79. The van der Waals surface area contributed by atoms with Crippen LogP contribution in [-0.4, -0.2) is 20.2 Å². The Balaban J connectivity index is 2.21. The number of carbonyl (C=O) groups excluding carboxylic acids is 1. The highest BCUT2D eigenvalue weighted by Gasteiger charge is 2.24. The van der Waals surface area contributed by atoms with Crippen LogP contribution in [0.2, 0.25) is 0 Å². The van der Waals surface area contributed by atoms with E-state index in [9.17, 15) is 9.18 Å². The van der Waals surface area contributed by atoms with Crippen LogP contribution in [0.25, 0.3) is 5.57 Å². The molecule has 1 aliphatic carbocycles. The molecule has 0 aromatic heterocycles. The van der Waals surface area contributed by atoms with Gasteiger partial charge in [-0.25, -0.2) is 9.18 Å². The summed E-state index contributed by atoms with van der Waals surface area (Å²) >= 11 is 0. The summed E-state index contributed by atoms with van der Waals surface area (Å²) in [5.41, 5.74) is 3.35. The topological polar surface area (TPSA) is 59.3 Å².